The van der Waals surface area contributed by atoms with Gasteiger partial charge in [0.25, 0.3) is 5.56 Å². The van der Waals surface area contributed by atoms with E-state index >= 15 is 0 Å². The summed E-state index contributed by atoms with van der Waals surface area (Å²) in [5.41, 5.74) is 0.0782. The number of ether oxygens (including phenoxy) is 2. The molecule has 3 aromatic carbocycles. The molecule has 0 radical (unpaired) electrons. The fourth-order valence-corrected chi connectivity index (χ4v) is 4.27. The second-order valence-corrected chi connectivity index (χ2v) is 9.12. The normalized spacial score (nSPS) is 11.1. The first-order valence-electron chi connectivity index (χ1n) is 12.4. The Morgan fingerprint density at radius 2 is 1.57 bits per heavy atom. The first-order valence-corrected chi connectivity index (χ1v) is 12.4. The molecule has 0 aliphatic heterocycles. The quantitative estimate of drug-likeness (QED) is 0.232. The third-order valence-corrected chi connectivity index (χ3v) is 6.30. The van der Waals surface area contributed by atoms with Crippen LogP contribution in [-0.2, 0) is 17.5 Å². The van der Waals surface area contributed by atoms with Crippen LogP contribution in [0.15, 0.2) is 77.6 Å². The van der Waals surface area contributed by atoms with Crippen LogP contribution in [0.3, 0.4) is 0 Å². The Morgan fingerprint density at radius 3 is 2.12 bits per heavy atom. The largest absolute Gasteiger partial charge is 0.462 e. The molecule has 1 heterocycles. The van der Waals surface area contributed by atoms with Crippen LogP contribution in [0.5, 0.6) is 11.5 Å². The summed E-state index contributed by atoms with van der Waals surface area (Å²) < 4.78 is 53.5. The molecule has 204 valence electrons. The molecule has 0 aliphatic rings. The van der Waals surface area contributed by atoms with Crippen LogP contribution in [0.2, 0.25) is 0 Å². The highest BCUT2D eigenvalue weighted by Crippen LogP contribution is 2.34. The Labute approximate surface area is 228 Å². The minimum absolute atomic E-state index is 0.0154. The van der Waals surface area contributed by atoms with E-state index < -0.39 is 28.8 Å². The van der Waals surface area contributed by atoms with Gasteiger partial charge in [-0.15, -0.1) is 0 Å². The van der Waals surface area contributed by atoms with Crippen LogP contribution in [0.4, 0.5) is 13.2 Å². The van der Waals surface area contributed by atoms with Crippen LogP contribution in [0.25, 0.3) is 11.3 Å². The van der Waals surface area contributed by atoms with Crippen molar-refractivity contribution in [2.75, 3.05) is 6.61 Å². The maximum Gasteiger partial charge on any atom is 0.417 e. The number of hydrogen-bond acceptors (Lipinski definition) is 5. The second kappa shape index (κ2) is 11.5. The molecule has 9 heteroatoms. The number of aryl methyl sites for hydroxylation is 2. The number of halogens is 3. The Bertz CT molecular complexity index is 1650. The van der Waals surface area contributed by atoms with Crippen LogP contribution < -0.4 is 10.3 Å². The van der Waals surface area contributed by atoms with Gasteiger partial charge in [0.1, 0.15) is 23.1 Å². The highest BCUT2D eigenvalue weighted by molar-refractivity contribution is 5.89. The Morgan fingerprint density at radius 1 is 0.950 bits per heavy atom. The van der Waals surface area contributed by atoms with Gasteiger partial charge in [-0.3, -0.25) is 4.79 Å². The van der Waals surface area contributed by atoms with Crippen molar-refractivity contribution >= 4 is 5.97 Å². The van der Waals surface area contributed by atoms with Gasteiger partial charge >= 0.3 is 12.1 Å². The minimum atomic E-state index is -4.89. The van der Waals surface area contributed by atoms with Crippen LogP contribution in [-0.4, -0.2) is 17.1 Å². The van der Waals surface area contributed by atoms with E-state index in [9.17, 15) is 28.0 Å². The van der Waals surface area contributed by atoms with Crippen molar-refractivity contribution in [1.82, 2.24) is 4.57 Å². The number of carbonyl (C=O) groups excluding carboxylic acids is 1. The molecule has 6 nitrogen and oxygen atoms in total. The zero-order valence-corrected chi connectivity index (χ0v) is 22.0. The van der Waals surface area contributed by atoms with Gasteiger partial charge < -0.3 is 14.0 Å². The van der Waals surface area contributed by atoms with E-state index in [4.69, 9.17) is 9.47 Å². The van der Waals surface area contributed by atoms with Gasteiger partial charge in [-0.05, 0) is 92.1 Å². The molecule has 4 aromatic rings. The number of rotatable bonds is 7. The van der Waals surface area contributed by atoms with E-state index in [0.29, 0.717) is 22.6 Å². The maximum atomic E-state index is 13.9. The summed E-state index contributed by atoms with van der Waals surface area (Å²) in [4.78, 5) is 25.1. The van der Waals surface area contributed by atoms with Gasteiger partial charge in [0.05, 0.1) is 30.0 Å². The molecule has 0 N–H and O–H groups in total. The standard InChI is InChI=1S/C31H25F3N2O4/c1-4-39-30(38)22-9-13-25(14-10-22)40-24-11-7-21(8-12-24)28-16-27(31(32,33)34)26(17-35)29(37)36(28)18-23-6-5-19(2)15-20(23)3/h5-16H,4,18H2,1-3H3. The molecular weight excluding hydrogens is 521 g/mol. The van der Waals surface area contributed by atoms with E-state index in [0.717, 1.165) is 22.8 Å². The lowest BCUT2D eigenvalue weighted by atomic mass is 10.0. The average molecular weight is 547 g/mol. The van der Waals surface area contributed by atoms with Crippen molar-refractivity contribution in [3.63, 3.8) is 0 Å². The summed E-state index contributed by atoms with van der Waals surface area (Å²) in [7, 11) is 0. The highest BCUT2D eigenvalue weighted by Gasteiger charge is 2.36. The molecule has 0 atom stereocenters. The molecule has 0 fully saturated rings. The van der Waals surface area contributed by atoms with Crippen molar-refractivity contribution < 1.29 is 27.4 Å². The third kappa shape index (κ3) is 6.07. The minimum Gasteiger partial charge on any atom is -0.462 e. The van der Waals surface area contributed by atoms with E-state index in [1.165, 1.54) is 10.6 Å². The van der Waals surface area contributed by atoms with Gasteiger partial charge in [-0.1, -0.05) is 23.8 Å². The Balaban J connectivity index is 1.73. The molecule has 4 rings (SSSR count). The van der Waals surface area contributed by atoms with Crippen molar-refractivity contribution in [1.29, 1.82) is 5.26 Å². The van der Waals surface area contributed by atoms with Gasteiger partial charge in [-0.25, -0.2) is 4.79 Å². The summed E-state index contributed by atoms with van der Waals surface area (Å²) in [6, 6.07) is 20.4. The first kappa shape index (κ1) is 28.2. The number of alkyl halides is 3. The predicted octanol–water partition coefficient (Wildman–Crippen LogP) is 7.04. The number of aromatic nitrogens is 1. The number of pyridine rings is 1. The molecule has 0 spiro atoms. The topological polar surface area (TPSA) is 81.3 Å². The Hall–Kier alpha value is -4.84. The smallest absolute Gasteiger partial charge is 0.417 e. The molecule has 40 heavy (non-hydrogen) atoms. The summed E-state index contributed by atoms with van der Waals surface area (Å²) in [6.07, 6.45) is -4.89. The number of nitriles is 1. The molecule has 0 unspecified atom stereocenters. The van der Waals surface area contributed by atoms with E-state index in [1.807, 2.05) is 32.0 Å². The lowest BCUT2D eigenvalue weighted by Gasteiger charge is -2.19. The fraction of sp³-hybridized carbons (Fsp3) is 0.194. The van der Waals surface area contributed by atoms with Crippen molar-refractivity contribution in [2.45, 2.75) is 33.5 Å². The maximum absolute atomic E-state index is 13.9. The van der Waals surface area contributed by atoms with Crippen LogP contribution >= 0.6 is 0 Å². The number of hydrogen-bond donors (Lipinski definition) is 0. The summed E-state index contributed by atoms with van der Waals surface area (Å²) >= 11 is 0. The zero-order chi connectivity index (χ0) is 29.0. The molecule has 0 amide bonds. The van der Waals surface area contributed by atoms with Crippen molar-refractivity contribution in [3.05, 3.63) is 117 Å². The molecule has 0 saturated heterocycles. The highest BCUT2D eigenvalue weighted by atomic mass is 19.4. The van der Waals surface area contributed by atoms with Gasteiger partial charge in [0.15, 0.2) is 0 Å². The SMILES string of the molecule is CCOC(=O)c1ccc(Oc2ccc(-c3cc(C(F)(F)F)c(C#N)c(=O)n3Cc3ccc(C)cc3C)cc2)cc1. The second-order valence-electron chi connectivity index (χ2n) is 9.12. The zero-order valence-electron chi connectivity index (χ0n) is 22.0. The number of carbonyl (C=O) groups is 1. The lowest BCUT2D eigenvalue weighted by molar-refractivity contribution is -0.137. The van der Waals surface area contributed by atoms with Crippen LogP contribution in [0, 0.1) is 25.2 Å². The predicted molar refractivity (Wildman–Crippen MR) is 143 cm³/mol. The number of benzene rings is 3. The molecule has 1 aromatic heterocycles. The van der Waals surface area contributed by atoms with E-state index in [-0.39, 0.29) is 18.8 Å². The number of esters is 1. The average Bonchev–Trinajstić information content (AvgIpc) is 2.91. The van der Waals surface area contributed by atoms with Crippen LogP contribution in [0.1, 0.15) is 45.1 Å². The van der Waals surface area contributed by atoms with Gasteiger partial charge in [0.2, 0.25) is 0 Å². The summed E-state index contributed by atoms with van der Waals surface area (Å²) in [6.45, 7) is 5.72. The van der Waals surface area contributed by atoms with E-state index in [2.05, 4.69) is 0 Å². The summed E-state index contributed by atoms with van der Waals surface area (Å²) in [5.74, 6) is 0.372. The molecule has 0 bridgehead atoms. The monoisotopic (exact) mass is 546 g/mol. The number of nitrogens with zero attached hydrogens (tertiary/aromatic N) is 2. The molecule has 0 aliphatic carbocycles. The first-order chi connectivity index (χ1) is 19.0. The lowest BCUT2D eigenvalue weighted by Crippen LogP contribution is -2.29. The summed E-state index contributed by atoms with van der Waals surface area (Å²) in [5, 5.41) is 9.45. The van der Waals surface area contributed by atoms with Gasteiger partial charge in [-0.2, -0.15) is 18.4 Å². The third-order valence-electron chi connectivity index (χ3n) is 6.30. The van der Waals surface area contributed by atoms with Crippen molar-refractivity contribution in [3.8, 4) is 28.8 Å². The van der Waals surface area contributed by atoms with E-state index in [1.54, 1.807) is 55.5 Å². The van der Waals surface area contributed by atoms with Gasteiger partial charge in [0, 0.05) is 0 Å². The van der Waals surface area contributed by atoms with Crippen molar-refractivity contribution in [2.24, 2.45) is 0 Å². The fourth-order valence-electron chi connectivity index (χ4n) is 4.27. The molecular formula is C31H25F3N2O4. The Kier molecular flexibility index (Phi) is 8.10. The molecule has 0 saturated carbocycles.